The van der Waals surface area contributed by atoms with Crippen LogP contribution in [-0.4, -0.2) is 23.6 Å². The van der Waals surface area contributed by atoms with Crippen LogP contribution in [0.3, 0.4) is 0 Å². The molecule has 1 rings (SSSR count). The van der Waals surface area contributed by atoms with Crippen molar-refractivity contribution < 1.29 is 14.3 Å². The zero-order chi connectivity index (χ0) is 11.1. The van der Waals surface area contributed by atoms with Crippen molar-refractivity contribution in [2.75, 3.05) is 6.61 Å². The average molecular weight is 204 g/mol. The summed E-state index contributed by atoms with van der Waals surface area (Å²) in [5.74, 6) is -0.633. The molecule has 0 heterocycles. The van der Waals surface area contributed by atoms with Gasteiger partial charge in [-0.25, -0.2) is 4.79 Å². The minimum absolute atomic E-state index is 0.287. The predicted molar refractivity (Wildman–Crippen MR) is 55.5 cm³/mol. The normalized spacial score (nSPS) is 9.13. The molecule has 0 aromatic heterocycles. The lowest BCUT2D eigenvalue weighted by atomic mass is 10.1. The molecule has 0 unspecified atom stereocenters. The average Bonchev–Trinajstić information content (AvgIpc) is 2.21. The van der Waals surface area contributed by atoms with E-state index in [0.29, 0.717) is 6.42 Å². The van der Waals surface area contributed by atoms with Crippen LogP contribution in [0.25, 0.3) is 5.53 Å². The van der Waals surface area contributed by atoms with Crippen LogP contribution in [0.15, 0.2) is 24.3 Å². The van der Waals surface area contributed by atoms with E-state index < -0.39 is 5.97 Å². The van der Waals surface area contributed by atoms with Crippen LogP contribution in [0.5, 0.6) is 0 Å². The molecule has 1 aromatic carbocycles. The Morgan fingerprint density at radius 1 is 1.53 bits per heavy atom. The van der Waals surface area contributed by atoms with E-state index in [-0.39, 0.29) is 6.61 Å². The van der Waals surface area contributed by atoms with E-state index in [4.69, 9.17) is 10.3 Å². The molecule has 4 nitrogen and oxygen atoms in total. The molecule has 0 saturated heterocycles. The van der Waals surface area contributed by atoms with Gasteiger partial charge >= 0.3 is 12.2 Å². The van der Waals surface area contributed by atoms with Crippen molar-refractivity contribution >= 4 is 12.2 Å². The van der Waals surface area contributed by atoms with Gasteiger partial charge < -0.3 is 10.3 Å². The number of aryl methyl sites for hydroxylation is 1. The molecule has 0 saturated carbocycles. The Balaban J connectivity index is 2.41. The third kappa shape index (κ3) is 3.75. The molecule has 0 spiro atoms. The van der Waals surface area contributed by atoms with Crippen molar-refractivity contribution in [3.05, 3.63) is 40.9 Å². The molecule has 0 radical (unpaired) electrons. The maximum atomic E-state index is 10.8. The van der Waals surface area contributed by atoms with Crippen LogP contribution in [0, 0.1) is 6.92 Å². The highest BCUT2D eigenvalue weighted by atomic mass is 16.5. The number of carbonyl (C=O) groups excluding carboxylic acids is 1. The molecule has 1 aromatic rings. The highest BCUT2D eigenvalue weighted by molar-refractivity contribution is 6.20. The van der Waals surface area contributed by atoms with Gasteiger partial charge in [0.15, 0.2) is 0 Å². The van der Waals surface area contributed by atoms with E-state index in [0.717, 1.165) is 11.8 Å². The summed E-state index contributed by atoms with van der Waals surface area (Å²) in [6.45, 7) is 2.29. The lowest BCUT2D eigenvalue weighted by Gasteiger charge is -2.04. The number of carbonyl (C=O) groups is 1. The quantitative estimate of drug-likeness (QED) is 0.322. The van der Waals surface area contributed by atoms with E-state index in [1.165, 1.54) is 5.56 Å². The van der Waals surface area contributed by atoms with Gasteiger partial charge in [0.25, 0.3) is 0 Å². The van der Waals surface area contributed by atoms with Crippen LogP contribution in [-0.2, 0) is 16.0 Å². The molecule has 0 aliphatic rings. The molecule has 0 amide bonds. The van der Waals surface area contributed by atoms with Crippen molar-refractivity contribution in [2.24, 2.45) is 0 Å². The molecule has 0 atom stereocenters. The summed E-state index contributed by atoms with van der Waals surface area (Å²) in [7, 11) is 0. The first kappa shape index (κ1) is 11.1. The maximum Gasteiger partial charge on any atom is 0.413 e. The van der Waals surface area contributed by atoms with Crippen molar-refractivity contribution in [1.29, 1.82) is 0 Å². The smallest absolute Gasteiger partial charge is 0.413 e. The molecular formula is C11H12N2O2. The monoisotopic (exact) mass is 204 g/mol. The molecular weight excluding hydrogens is 192 g/mol. The Bertz CT molecular complexity index is 395. The van der Waals surface area contributed by atoms with Gasteiger partial charge in [0.2, 0.25) is 0 Å². The summed E-state index contributed by atoms with van der Waals surface area (Å²) in [4.78, 5) is 13.4. The van der Waals surface area contributed by atoms with Crippen molar-refractivity contribution in [3.8, 4) is 0 Å². The van der Waals surface area contributed by atoms with Crippen LogP contribution in [0.2, 0.25) is 0 Å². The second-order valence-electron chi connectivity index (χ2n) is 3.09. The number of esters is 1. The van der Waals surface area contributed by atoms with Crippen LogP contribution >= 0.6 is 0 Å². The van der Waals surface area contributed by atoms with Gasteiger partial charge in [0, 0.05) is 6.42 Å². The third-order valence-corrected chi connectivity index (χ3v) is 2.04. The molecule has 0 fully saturated rings. The van der Waals surface area contributed by atoms with E-state index in [9.17, 15) is 4.79 Å². The van der Waals surface area contributed by atoms with E-state index in [1.54, 1.807) is 0 Å². The minimum atomic E-state index is -0.633. The Hall–Kier alpha value is -1.93. The van der Waals surface area contributed by atoms with Gasteiger partial charge in [-0.3, -0.25) is 0 Å². The zero-order valence-corrected chi connectivity index (χ0v) is 8.51. The minimum Gasteiger partial charge on any atom is -0.457 e. The fraction of sp³-hybridized carbons (Fsp3) is 0.273. The van der Waals surface area contributed by atoms with Gasteiger partial charge in [-0.15, -0.1) is 0 Å². The SMILES string of the molecule is Cc1ccccc1CCOC(=O)C=[N+]=[N-]. The number of ether oxygens (including phenoxy) is 1. The van der Waals surface area contributed by atoms with E-state index >= 15 is 0 Å². The topological polar surface area (TPSA) is 62.7 Å². The summed E-state index contributed by atoms with van der Waals surface area (Å²) in [5, 5.41) is 0. The van der Waals surface area contributed by atoms with Crippen molar-refractivity contribution in [3.63, 3.8) is 0 Å². The summed E-state index contributed by atoms with van der Waals surface area (Å²) >= 11 is 0. The van der Waals surface area contributed by atoms with E-state index in [1.807, 2.05) is 31.2 Å². The highest BCUT2D eigenvalue weighted by Crippen LogP contribution is 2.07. The van der Waals surface area contributed by atoms with Gasteiger partial charge in [0.1, 0.15) is 0 Å². The summed E-state index contributed by atoms with van der Waals surface area (Å²) in [6.07, 6.45) is 1.40. The number of hydrogen-bond acceptors (Lipinski definition) is 2. The zero-order valence-electron chi connectivity index (χ0n) is 8.51. The molecule has 15 heavy (non-hydrogen) atoms. The molecule has 0 bridgehead atoms. The van der Waals surface area contributed by atoms with Crippen molar-refractivity contribution in [1.82, 2.24) is 0 Å². The number of hydrogen-bond donors (Lipinski definition) is 0. The predicted octanol–water partition coefficient (Wildman–Crippen LogP) is 1.38. The lowest BCUT2D eigenvalue weighted by Crippen LogP contribution is -2.09. The Morgan fingerprint density at radius 3 is 2.93 bits per heavy atom. The first-order chi connectivity index (χ1) is 7.24. The molecule has 0 aliphatic heterocycles. The van der Waals surface area contributed by atoms with Crippen LogP contribution in [0.4, 0.5) is 0 Å². The third-order valence-electron chi connectivity index (χ3n) is 2.04. The van der Waals surface area contributed by atoms with Crippen LogP contribution in [0.1, 0.15) is 11.1 Å². The summed E-state index contributed by atoms with van der Waals surface area (Å²) < 4.78 is 4.79. The van der Waals surface area contributed by atoms with Gasteiger partial charge in [-0.05, 0) is 18.1 Å². The number of benzene rings is 1. The first-order valence-electron chi connectivity index (χ1n) is 4.62. The standard InChI is InChI=1S/C11H12N2O2/c1-9-4-2-3-5-10(9)6-7-15-11(14)8-13-12/h2-5,8H,6-7H2,1H3. The van der Waals surface area contributed by atoms with Crippen molar-refractivity contribution in [2.45, 2.75) is 13.3 Å². The highest BCUT2D eigenvalue weighted by Gasteiger charge is 2.03. The Morgan fingerprint density at radius 2 is 2.27 bits per heavy atom. The molecule has 0 aliphatic carbocycles. The molecule has 4 heteroatoms. The second-order valence-corrected chi connectivity index (χ2v) is 3.09. The van der Waals surface area contributed by atoms with Crippen LogP contribution < -0.4 is 0 Å². The van der Waals surface area contributed by atoms with E-state index in [2.05, 4.69) is 4.79 Å². The second kappa shape index (κ2) is 5.73. The summed E-state index contributed by atoms with van der Waals surface area (Å²) in [5.41, 5.74) is 10.4. The fourth-order valence-corrected chi connectivity index (χ4v) is 1.24. The summed E-state index contributed by atoms with van der Waals surface area (Å²) in [6, 6.07) is 7.90. The molecule has 0 N–H and O–H groups in total. The maximum absolute atomic E-state index is 10.8. The number of nitrogens with zero attached hydrogens (tertiary/aromatic N) is 2. The molecule has 78 valence electrons. The largest absolute Gasteiger partial charge is 0.457 e. The fourth-order valence-electron chi connectivity index (χ4n) is 1.24. The van der Waals surface area contributed by atoms with Gasteiger partial charge in [-0.1, -0.05) is 24.3 Å². The van der Waals surface area contributed by atoms with Gasteiger partial charge in [-0.2, -0.15) is 4.79 Å². The first-order valence-corrected chi connectivity index (χ1v) is 4.62. The Kier molecular flexibility index (Phi) is 4.26. The Labute approximate surface area is 88.1 Å². The van der Waals surface area contributed by atoms with Gasteiger partial charge in [0.05, 0.1) is 6.61 Å². The lowest BCUT2D eigenvalue weighted by molar-refractivity contribution is -0.138. The number of rotatable bonds is 4.